The summed E-state index contributed by atoms with van der Waals surface area (Å²) in [6.45, 7) is 9.25. The zero-order chi connectivity index (χ0) is 19.4. The van der Waals surface area contributed by atoms with Crippen molar-refractivity contribution in [2.75, 3.05) is 0 Å². The Hall–Kier alpha value is -2.21. The lowest BCUT2D eigenvalue weighted by atomic mass is 9.94. The number of rotatable bonds is 6. The fourth-order valence-electron chi connectivity index (χ4n) is 2.71. The molecule has 0 spiro atoms. The first-order valence-electron chi connectivity index (χ1n) is 8.70. The minimum absolute atomic E-state index is 0.0138. The van der Waals surface area contributed by atoms with Gasteiger partial charge in [-0.25, -0.2) is 9.59 Å². The number of urea groups is 1. The van der Waals surface area contributed by atoms with Gasteiger partial charge >= 0.3 is 12.0 Å². The average molecular weight is 381 g/mol. The van der Waals surface area contributed by atoms with Crippen LogP contribution >= 0.6 is 11.6 Å². The topological polar surface area (TPSA) is 76.7 Å². The second-order valence-electron chi connectivity index (χ2n) is 6.59. The third kappa shape index (κ3) is 4.69. The van der Waals surface area contributed by atoms with E-state index in [0.717, 1.165) is 0 Å². The minimum atomic E-state index is -0.643. The van der Waals surface area contributed by atoms with Gasteiger partial charge in [-0.2, -0.15) is 0 Å². The number of amides is 2. The van der Waals surface area contributed by atoms with Crippen molar-refractivity contribution in [1.82, 2.24) is 10.6 Å². The van der Waals surface area contributed by atoms with Crippen LogP contribution in [-0.2, 0) is 9.53 Å². The Labute approximate surface area is 158 Å². The van der Waals surface area contributed by atoms with Crippen LogP contribution < -0.4 is 15.4 Å². The fraction of sp³-hybridized carbons (Fsp3) is 0.474. The molecule has 1 aromatic rings. The largest absolute Gasteiger partial charge is 0.489 e. The van der Waals surface area contributed by atoms with Gasteiger partial charge in [0.15, 0.2) is 0 Å². The number of halogens is 1. The Kier molecular flexibility index (Phi) is 6.53. The first-order chi connectivity index (χ1) is 12.2. The number of esters is 1. The molecule has 2 N–H and O–H groups in total. The highest BCUT2D eigenvalue weighted by atomic mass is 35.5. The molecule has 0 fully saturated rings. The molecule has 0 saturated carbocycles. The van der Waals surface area contributed by atoms with Gasteiger partial charge in [-0.3, -0.25) is 0 Å². The van der Waals surface area contributed by atoms with E-state index in [9.17, 15) is 9.59 Å². The maximum atomic E-state index is 12.6. The molecule has 1 aromatic carbocycles. The molecule has 2 amide bonds. The van der Waals surface area contributed by atoms with E-state index in [1.54, 1.807) is 32.0 Å². The van der Waals surface area contributed by atoms with Crippen molar-refractivity contribution in [1.29, 1.82) is 0 Å². The third-order valence-corrected chi connectivity index (χ3v) is 4.02. The van der Waals surface area contributed by atoms with Crippen LogP contribution in [0, 0.1) is 0 Å². The molecule has 142 valence electrons. The second kappa shape index (κ2) is 8.45. The summed E-state index contributed by atoms with van der Waals surface area (Å²) < 4.78 is 11.0. The lowest BCUT2D eigenvalue weighted by Crippen LogP contribution is -2.46. The van der Waals surface area contributed by atoms with Crippen LogP contribution in [0.1, 0.15) is 52.6 Å². The van der Waals surface area contributed by atoms with Crippen molar-refractivity contribution in [3.8, 4) is 5.75 Å². The normalized spacial score (nSPS) is 17.2. The van der Waals surface area contributed by atoms with Crippen LogP contribution in [0.15, 0.2) is 29.5 Å². The molecule has 0 bridgehead atoms. The molecule has 1 atom stereocenters. The predicted octanol–water partition coefficient (Wildman–Crippen LogP) is 4.10. The van der Waals surface area contributed by atoms with Crippen molar-refractivity contribution < 1.29 is 19.1 Å². The summed E-state index contributed by atoms with van der Waals surface area (Å²) in [6.07, 6.45) is 0.214. The van der Waals surface area contributed by atoms with E-state index in [2.05, 4.69) is 10.6 Å². The maximum Gasteiger partial charge on any atom is 0.338 e. The molecule has 26 heavy (non-hydrogen) atoms. The van der Waals surface area contributed by atoms with Gasteiger partial charge in [0.1, 0.15) is 5.75 Å². The predicted molar refractivity (Wildman–Crippen MR) is 100 cm³/mol. The summed E-state index contributed by atoms with van der Waals surface area (Å²) in [6, 6.07) is 4.21. The van der Waals surface area contributed by atoms with Crippen molar-refractivity contribution >= 4 is 23.6 Å². The number of allylic oxidation sites excluding steroid dienone is 1. The molecule has 0 radical (unpaired) electrons. The molecular weight excluding hydrogens is 356 g/mol. The molecule has 7 heteroatoms. The summed E-state index contributed by atoms with van der Waals surface area (Å²) in [5.41, 5.74) is 1.61. The molecule has 0 aromatic heterocycles. The quantitative estimate of drug-likeness (QED) is 0.728. The van der Waals surface area contributed by atoms with E-state index < -0.39 is 12.0 Å². The van der Waals surface area contributed by atoms with E-state index >= 15 is 0 Å². The Bertz CT molecular complexity index is 728. The van der Waals surface area contributed by atoms with E-state index in [4.69, 9.17) is 21.1 Å². The number of benzene rings is 1. The highest BCUT2D eigenvalue weighted by molar-refractivity contribution is 6.32. The molecule has 0 aliphatic carbocycles. The molecule has 1 heterocycles. The van der Waals surface area contributed by atoms with E-state index in [0.29, 0.717) is 34.0 Å². The summed E-state index contributed by atoms with van der Waals surface area (Å²) in [7, 11) is 0. The lowest BCUT2D eigenvalue weighted by Gasteiger charge is -2.29. The van der Waals surface area contributed by atoms with Gasteiger partial charge in [-0.1, -0.05) is 24.6 Å². The van der Waals surface area contributed by atoms with Gasteiger partial charge < -0.3 is 20.1 Å². The Morgan fingerprint density at radius 3 is 2.46 bits per heavy atom. The highest BCUT2D eigenvalue weighted by Crippen LogP contribution is 2.34. The fourth-order valence-corrected chi connectivity index (χ4v) is 2.95. The highest BCUT2D eigenvalue weighted by Gasteiger charge is 2.33. The number of carbonyl (C=O) groups excluding carboxylic acids is 2. The van der Waals surface area contributed by atoms with Crippen LogP contribution in [0.4, 0.5) is 4.79 Å². The SMILES string of the molecule is CCC1=C(C(=O)OC(C)C)C(c2ccc(OC(C)C)c(Cl)c2)NC(=O)N1. The molecule has 1 aliphatic heterocycles. The lowest BCUT2D eigenvalue weighted by molar-refractivity contribution is -0.143. The number of ether oxygens (including phenoxy) is 2. The van der Waals surface area contributed by atoms with Crippen molar-refractivity contribution in [2.24, 2.45) is 0 Å². The maximum absolute atomic E-state index is 12.6. The number of carbonyl (C=O) groups is 2. The number of hydrogen-bond donors (Lipinski definition) is 2. The average Bonchev–Trinajstić information content (AvgIpc) is 2.54. The van der Waals surface area contributed by atoms with Gasteiger partial charge in [0.25, 0.3) is 0 Å². The molecule has 6 nitrogen and oxygen atoms in total. The second-order valence-corrected chi connectivity index (χ2v) is 6.99. The third-order valence-electron chi connectivity index (χ3n) is 3.72. The summed E-state index contributed by atoms with van der Waals surface area (Å²) >= 11 is 6.33. The van der Waals surface area contributed by atoms with E-state index in [1.165, 1.54) is 0 Å². The van der Waals surface area contributed by atoms with E-state index in [-0.39, 0.29) is 18.2 Å². The first kappa shape index (κ1) is 20.1. The molecule has 1 unspecified atom stereocenters. The van der Waals surface area contributed by atoms with Gasteiger partial charge in [0.2, 0.25) is 0 Å². The molecule has 1 aliphatic rings. The first-order valence-corrected chi connectivity index (χ1v) is 9.08. The Balaban J connectivity index is 2.45. The Morgan fingerprint density at radius 2 is 1.92 bits per heavy atom. The molecule has 2 rings (SSSR count). The van der Waals surface area contributed by atoms with Gasteiger partial charge in [0, 0.05) is 5.70 Å². The van der Waals surface area contributed by atoms with Gasteiger partial charge in [0.05, 0.1) is 28.8 Å². The zero-order valence-corrected chi connectivity index (χ0v) is 16.4. The smallest absolute Gasteiger partial charge is 0.338 e. The standard InChI is InChI=1S/C19H25ClN2O4/c1-6-14-16(18(23)26-11(4)5)17(22-19(24)21-14)12-7-8-15(13(20)9-12)25-10(2)3/h7-11,17H,6H2,1-5H3,(H2,21,22,24). The van der Waals surface area contributed by atoms with Crippen LogP contribution in [-0.4, -0.2) is 24.2 Å². The summed E-state index contributed by atoms with van der Waals surface area (Å²) in [5, 5.41) is 5.89. The van der Waals surface area contributed by atoms with Crippen LogP contribution in [0.25, 0.3) is 0 Å². The van der Waals surface area contributed by atoms with Crippen molar-refractivity contribution in [3.63, 3.8) is 0 Å². The van der Waals surface area contributed by atoms with E-state index in [1.807, 2.05) is 20.8 Å². The van der Waals surface area contributed by atoms with Gasteiger partial charge in [-0.15, -0.1) is 0 Å². The monoisotopic (exact) mass is 380 g/mol. The molecule has 0 saturated heterocycles. The summed E-state index contributed by atoms with van der Waals surface area (Å²) in [4.78, 5) is 24.7. The van der Waals surface area contributed by atoms with Crippen molar-refractivity contribution in [3.05, 3.63) is 40.1 Å². The zero-order valence-electron chi connectivity index (χ0n) is 15.7. The van der Waals surface area contributed by atoms with Crippen LogP contribution in [0.3, 0.4) is 0 Å². The minimum Gasteiger partial charge on any atom is -0.489 e. The van der Waals surface area contributed by atoms with Crippen LogP contribution in [0.5, 0.6) is 5.75 Å². The molecular formula is C19H25ClN2O4. The Morgan fingerprint density at radius 1 is 1.23 bits per heavy atom. The van der Waals surface area contributed by atoms with Crippen LogP contribution in [0.2, 0.25) is 5.02 Å². The number of nitrogens with one attached hydrogen (secondary N) is 2. The summed E-state index contributed by atoms with van der Waals surface area (Å²) in [5.74, 6) is 0.0876. The van der Waals surface area contributed by atoms with Crippen molar-refractivity contribution in [2.45, 2.75) is 59.3 Å². The van der Waals surface area contributed by atoms with Gasteiger partial charge in [-0.05, 0) is 51.8 Å². The number of hydrogen-bond acceptors (Lipinski definition) is 4.